The largest absolute Gasteiger partial charge is 0.346 e. The Morgan fingerprint density at radius 3 is 2.43 bits per heavy atom. The van der Waals surface area contributed by atoms with Gasteiger partial charge in [0.25, 0.3) is 0 Å². The molecule has 0 radical (unpaired) electrons. The SMILES string of the molecule is CC(C)(NC(=O)CN)c1ccccc1. The van der Waals surface area contributed by atoms with Gasteiger partial charge in [-0.3, -0.25) is 4.79 Å². The Hall–Kier alpha value is -1.35. The average molecular weight is 192 g/mol. The fourth-order valence-corrected chi connectivity index (χ4v) is 1.33. The van der Waals surface area contributed by atoms with Crippen molar-refractivity contribution in [2.24, 2.45) is 5.73 Å². The zero-order valence-electron chi connectivity index (χ0n) is 8.58. The number of carbonyl (C=O) groups is 1. The molecular weight excluding hydrogens is 176 g/mol. The third-order valence-electron chi connectivity index (χ3n) is 2.13. The molecule has 0 fully saturated rings. The van der Waals surface area contributed by atoms with Gasteiger partial charge in [-0.15, -0.1) is 0 Å². The zero-order valence-corrected chi connectivity index (χ0v) is 8.58. The maximum absolute atomic E-state index is 11.2. The van der Waals surface area contributed by atoms with E-state index in [0.717, 1.165) is 5.56 Å². The molecule has 1 amide bonds. The van der Waals surface area contributed by atoms with Crippen molar-refractivity contribution >= 4 is 5.91 Å². The number of carbonyl (C=O) groups excluding carboxylic acids is 1. The summed E-state index contributed by atoms with van der Waals surface area (Å²) in [5, 5.41) is 2.86. The molecule has 0 spiro atoms. The molecular formula is C11H16N2O. The quantitative estimate of drug-likeness (QED) is 0.750. The molecule has 3 heteroatoms. The van der Waals surface area contributed by atoms with E-state index in [1.807, 2.05) is 44.2 Å². The summed E-state index contributed by atoms with van der Waals surface area (Å²) < 4.78 is 0. The Kier molecular flexibility index (Phi) is 3.25. The molecule has 0 saturated heterocycles. The van der Waals surface area contributed by atoms with Gasteiger partial charge in [-0.2, -0.15) is 0 Å². The van der Waals surface area contributed by atoms with E-state index < -0.39 is 0 Å². The van der Waals surface area contributed by atoms with Gasteiger partial charge < -0.3 is 11.1 Å². The van der Waals surface area contributed by atoms with Gasteiger partial charge in [0.15, 0.2) is 0 Å². The van der Waals surface area contributed by atoms with Gasteiger partial charge in [-0.1, -0.05) is 30.3 Å². The third-order valence-corrected chi connectivity index (χ3v) is 2.13. The second-order valence-corrected chi connectivity index (χ2v) is 3.74. The van der Waals surface area contributed by atoms with E-state index in [2.05, 4.69) is 5.32 Å². The third kappa shape index (κ3) is 2.57. The summed E-state index contributed by atoms with van der Waals surface area (Å²) in [6.45, 7) is 3.93. The lowest BCUT2D eigenvalue weighted by Gasteiger charge is -2.26. The number of rotatable bonds is 3. The summed E-state index contributed by atoms with van der Waals surface area (Å²) in [4.78, 5) is 11.2. The van der Waals surface area contributed by atoms with Crippen LogP contribution < -0.4 is 11.1 Å². The van der Waals surface area contributed by atoms with Gasteiger partial charge in [0.1, 0.15) is 0 Å². The van der Waals surface area contributed by atoms with Crippen molar-refractivity contribution < 1.29 is 4.79 Å². The van der Waals surface area contributed by atoms with Crippen LogP contribution in [0.25, 0.3) is 0 Å². The first-order chi connectivity index (χ1) is 6.56. The van der Waals surface area contributed by atoms with Crippen LogP contribution in [-0.4, -0.2) is 12.5 Å². The van der Waals surface area contributed by atoms with E-state index in [9.17, 15) is 4.79 Å². The first-order valence-electron chi connectivity index (χ1n) is 4.63. The van der Waals surface area contributed by atoms with Gasteiger partial charge in [-0.25, -0.2) is 0 Å². The maximum Gasteiger partial charge on any atom is 0.234 e. The van der Waals surface area contributed by atoms with Crippen molar-refractivity contribution in [3.8, 4) is 0 Å². The average Bonchev–Trinajstić information content (AvgIpc) is 2.18. The fraction of sp³-hybridized carbons (Fsp3) is 0.364. The van der Waals surface area contributed by atoms with Crippen molar-refractivity contribution in [1.29, 1.82) is 0 Å². The smallest absolute Gasteiger partial charge is 0.234 e. The molecule has 3 nitrogen and oxygen atoms in total. The number of hydrogen-bond acceptors (Lipinski definition) is 2. The van der Waals surface area contributed by atoms with Crippen LogP contribution in [0, 0.1) is 0 Å². The molecule has 1 aromatic rings. The zero-order chi connectivity index (χ0) is 10.6. The molecule has 76 valence electrons. The Morgan fingerprint density at radius 2 is 1.93 bits per heavy atom. The molecule has 0 unspecified atom stereocenters. The van der Waals surface area contributed by atoms with Crippen LogP contribution in [0.2, 0.25) is 0 Å². The fourth-order valence-electron chi connectivity index (χ4n) is 1.33. The lowest BCUT2D eigenvalue weighted by molar-refractivity contribution is -0.121. The molecule has 0 atom stereocenters. The van der Waals surface area contributed by atoms with Crippen molar-refractivity contribution in [2.45, 2.75) is 19.4 Å². The standard InChI is InChI=1S/C11H16N2O/c1-11(2,13-10(14)8-12)9-6-4-3-5-7-9/h3-7H,8,12H2,1-2H3,(H,13,14). The Labute approximate surface area is 84.3 Å². The van der Waals surface area contributed by atoms with Gasteiger partial charge in [0, 0.05) is 0 Å². The molecule has 1 aromatic carbocycles. The molecule has 3 N–H and O–H groups in total. The van der Waals surface area contributed by atoms with Crippen LogP contribution in [0.4, 0.5) is 0 Å². The minimum Gasteiger partial charge on any atom is -0.346 e. The lowest BCUT2D eigenvalue weighted by atomic mass is 9.94. The van der Waals surface area contributed by atoms with E-state index in [-0.39, 0.29) is 18.0 Å². The van der Waals surface area contributed by atoms with E-state index >= 15 is 0 Å². The predicted molar refractivity (Wildman–Crippen MR) is 56.7 cm³/mol. The van der Waals surface area contributed by atoms with Crippen LogP contribution in [0.1, 0.15) is 19.4 Å². The van der Waals surface area contributed by atoms with Crippen LogP contribution in [0.15, 0.2) is 30.3 Å². The van der Waals surface area contributed by atoms with Gasteiger partial charge in [0.2, 0.25) is 5.91 Å². The summed E-state index contributed by atoms with van der Waals surface area (Å²) in [6.07, 6.45) is 0. The molecule has 0 saturated carbocycles. The number of benzene rings is 1. The molecule has 0 bridgehead atoms. The Morgan fingerprint density at radius 1 is 1.36 bits per heavy atom. The highest BCUT2D eigenvalue weighted by Crippen LogP contribution is 2.18. The predicted octanol–water partition coefficient (Wildman–Crippen LogP) is 0.997. The molecule has 0 aliphatic carbocycles. The van der Waals surface area contributed by atoms with Crippen LogP contribution in [0.5, 0.6) is 0 Å². The number of amides is 1. The van der Waals surface area contributed by atoms with Crippen LogP contribution in [0.3, 0.4) is 0 Å². The Balaban J connectivity index is 2.80. The van der Waals surface area contributed by atoms with E-state index in [1.54, 1.807) is 0 Å². The number of nitrogens with two attached hydrogens (primary N) is 1. The van der Waals surface area contributed by atoms with Gasteiger partial charge >= 0.3 is 0 Å². The van der Waals surface area contributed by atoms with E-state index in [4.69, 9.17) is 5.73 Å². The lowest BCUT2D eigenvalue weighted by Crippen LogP contribution is -2.43. The highest BCUT2D eigenvalue weighted by atomic mass is 16.1. The summed E-state index contributed by atoms with van der Waals surface area (Å²) >= 11 is 0. The highest BCUT2D eigenvalue weighted by molar-refractivity contribution is 5.78. The normalized spacial score (nSPS) is 11.1. The summed E-state index contributed by atoms with van der Waals surface area (Å²) in [5.41, 5.74) is 5.95. The monoisotopic (exact) mass is 192 g/mol. The maximum atomic E-state index is 11.2. The Bertz CT molecular complexity index is 306. The second kappa shape index (κ2) is 4.24. The minimum absolute atomic E-state index is 0.0241. The molecule has 0 aliphatic heterocycles. The highest BCUT2D eigenvalue weighted by Gasteiger charge is 2.21. The van der Waals surface area contributed by atoms with E-state index in [1.165, 1.54) is 0 Å². The number of hydrogen-bond donors (Lipinski definition) is 2. The van der Waals surface area contributed by atoms with Gasteiger partial charge in [0.05, 0.1) is 12.1 Å². The summed E-state index contributed by atoms with van der Waals surface area (Å²) in [5.74, 6) is -0.140. The molecule has 0 aliphatic rings. The van der Waals surface area contributed by atoms with Crippen molar-refractivity contribution in [2.75, 3.05) is 6.54 Å². The molecule has 0 aromatic heterocycles. The van der Waals surface area contributed by atoms with Crippen molar-refractivity contribution in [3.63, 3.8) is 0 Å². The molecule has 0 heterocycles. The van der Waals surface area contributed by atoms with Crippen molar-refractivity contribution in [3.05, 3.63) is 35.9 Å². The summed E-state index contributed by atoms with van der Waals surface area (Å²) in [6, 6.07) is 9.81. The van der Waals surface area contributed by atoms with Crippen LogP contribution >= 0.6 is 0 Å². The first kappa shape index (κ1) is 10.7. The van der Waals surface area contributed by atoms with Crippen LogP contribution in [-0.2, 0) is 10.3 Å². The van der Waals surface area contributed by atoms with Gasteiger partial charge in [-0.05, 0) is 19.4 Å². The number of nitrogens with one attached hydrogen (secondary N) is 1. The second-order valence-electron chi connectivity index (χ2n) is 3.74. The van der Waals surface area contributed by atoms with E-state index in [0.29, 0.717) is 0 Å². The summed E-state index contributed by atoms with van der Waals surface area (Å²) in [7, 11) is 0. The molecule has 1 rings (SSSR count). The molecule has 14 heavy (non-hydrogen) atoms. The topological polar surface area (TPSA) is 55.1 Å². The first-order valence-corrected chi connectivity index (χ1v) is 4.63. The van der Waals surface area contributed by atoms with Crippen molar-refractivity contribution in [1.82, 2.24) is 5.32 Å². The minimum atomic E-state index is -0.363.